The Balaban J connectivity index is 1.85. The van der Waals surface area contributed by atoms with Crippen LogP contribution in [0.5, 0.6) is 0 Å². The van der Waals surface area contributed by atoms with E-state index in [-0.39, 0.29) is 12.1 Å². The molecule has 0 aromatic heterocycles. The average Bonchev–Trinajstić information content (AvgIpc) is 3.15. The van der Waals surface area contributed by atoms with Gasteiger partial charge < -0.3 is 10.6 Å². The van der Waals surface area contributed by atoms with Crippen LogP contribution in [-0.4, -0.2) is 46.0 Å². The lowest BCUT2D eigenvalue weighted by Crippen LogP contribution is -2.50. The van der Waals surface area contributed by atoms with Gasteiger partial charge in [0.25, 0.3) is 0 Å². The number of hydrogen-bond donors (Lipinski definition) is 2. The molecule has 5 nitrogen and oxygen atoms in total. The van der Waals surface area contributed by atoms with Gasteiger partial charge in [-0.25, -0.2) is 13.3 Å². The molecule has 0 aromatic carbocycles. The molecule has 2 rings (SSSR count). The minimum absolute atomic E-state index is 0.0998. The fourth-order valence-electron chi connectivity index (χ4n) is 2.33. The van der Waals surface area contributed by atoms with E-state index in [4.69, 9.17) is 0 Å². The number of hydrogen-bond acceptors (Lipinski definition) is 2. The number of rotatable bonds is 5. The third-order valence-corrected chi connectivity index (χ3v) is 5.06. The SMILES string of the molecule is CCNC(=O)NC(CN1CCCCS1=O)C1CC1. The molecule has 1 aliphatic carbocycles. The molecule has 2 N–H and O–H groups in total. The van der Waals surface area contributed by atoms with Gasteiger partial charge in [0.2, 0.25) is 0 Å². The Morgan fingerprint density at radius 3 is 2.83 bits per heavy atom. The highest BCUT2D eigenvalue weighted by molar-refractivity contribution is 7.82. The maximum absolute atomic E-state index is 11.9. The maximum Gasteiger partial charge on any atom is 0.315 e. The Bertz CT molecular complexity index is 320. The van der Waals surface area contributed by atoms with E-state index in [1.54, 1.807) is 0 Å². The highest BCUT2D eigenvalue weighted by Crippen LogP contribution is 2.33. The molecule has 2 aliphatic rings. The second-order valence-corrected chi connectivity index (χ2v) is 6.64. The first-order valence-corrected chi connectivity index (χ1v) is 8.16. The summed E-state index contributed by atoms with van der Waals surface area (Å²) in [6.45, 7) is 4.17. The van der Waals surface area contributed by atoms with Crippen molar-refractivity contribution in [2.24, 2.45) is 5.92 Å². The first kappa shape index (κ1) is 13.8. The van der Waals surface area contributed by atoms with Crippen LogP contribution in [0.15, 0.2) is 0 Å². The lowest BCUT2D eigenvalue weighted by atomic mass is 10.2. The molecular weight excluding hydrogens is 250 g/mol. The first-order valence-electron chi connectivity index (χ1n) is 6.88. The van der Waals surface area contributed by atoms with Crippen molar-refractivity contribution in [1.29, 1.82) is 0 Å². The standard InChI is InChI=1S/C12H23N3O2S/c1-2-13-12(16)14-11(10-5-6-10)9-15-7-3-4-8-18(15)17/h10-11H,2-9H2,1H3,(H2,13,14,16). The van der Waals surface area contributed by atoms with Crippen LogP contribution >= 0.6 is 0 Å². The summed E-state index contributed by atoms with van der Waals surface area (Å²) < 4.78 is 13.9. The van der Waals surface area contributed by atoms with Gasteiger partial charge in [-0.2, -0.15) is 0 Å². The molecule has 0 aromatic rings. The van der Waals surface area contributed by atoms with Crippen LogP contribution in [0.25, 0.3) is 0 Å². The van der Waals surface area contributed by atoms with E-state index < -0.39 is 11.0 Å². The topological polar surface area (TPSA) is 61.4 Å². The predicted molar refractivity (Wildman–Crippen MR) is 72.5 cm³/mol. The fourth-order valence-corrected chi connectivity index (χ4v) is 3.70. The van der Waals surface area contributed by atoms with E-state index in [0.717, 1.165) is 31.7 Å². The molecule has 1 aliphatic heterocycles. The normalized spacial score (nSPS) is 26.6. The number of nitrogens with one attached hydrogen (secondary N) is 2. The number of nitrogens with zero attached hydrogens (tertiary/aromatic N) is 1. The van der Waals surface area contributed by atoms with Gasteiger partial charge >= 0.3 is 6.03 Å². The van der Waals surface area contributed by atoms with E-state index >= 15 is 0 Å². The molecule has 104 valence electrons. The summed E-state index contributed by atoms with van der Waals surface area (Å²) in [5.74, 6) is 1.35. The molecular formula is C12H23N3O2S. The summed E-state index contributed by atoms with van der Waals surface area (Å²) >= 11 is 0. The van der Waals surface area contributed by atoms with Gasteiger partial charge in [0.1, 0.15) is 0 Å². The van der Waals surface area contributed by atoms with Gasteiger partial charge in [0.15, 0.2) is 0 Å². The second-order valence-electron chi connectivity index (χ2n) is 5.07. The van der Waals surface area contributed by atoms with Crippen LogP contribution in [0.1, 0.15) is 32.6 Å². The zero-order valence-corrected chi connectivity index (χ0v) is 11.8. The average molecular weight is 273 g/mol. The van der Waals surface area contributed by atoms with E-state index in [9.17, 15) is 9.00 Å². The minimum Gasteiger partial charge on any atom is -0.338 e. The van der Waals surface area contributed by atoms with E-state index in [0.29, 0.717) is 12.5 Å². The van der Waals surface area contributed by atoms with Crippen molar-refractivity contribution in [2.45, 2.75) is 38.6 Å². The highest BCUT2D eigenvalue weighted by Gasteiger charge is 2.34. The van der Waals surface area contributed by atoms with Gasteiger partial charge in [0.05, 0.1) is 11.0 Å². The fraction of sp³-hybridized carbons (Fsp3) is 0.917. The van der Waals surface area contributed by atoms with Crippen LogP contribution < -0.4 is 10.6 Å². The third kappa shape index (κ3) is 3.95. The Morgan fingerprint density at radius 1 is 1.44 bits per heavy atom. The van der Waals surface area contributed by atoms with Crippen molar-refractivity contribution in [3.63, 3.8) is 0 Å². The molecule has 0 spiro atoms. The molecule has 2 atom stereocenters. The Kier molecular flexibility index (Phi) is 5.00. The van der Waals surface area contributed by atoms with Crippen molar-refractivity contribution in [3.8, 4) is 0 Å². The number of amides is 2. The highest BCUT2D eigenvalue weighted by atomic mass is 32.2. The third-order valence-electron chi connectivity index (χ3n) is 3.51. The number of carbonyl (C=O) groups is 1. The van der Waals surface area contributed by atoms with Gasteiger partial charge in [-0.15, -0.1) is 0 Å². The van der Waals surface area contributed by atoms with Gasteiger partial charge in [0, 0.05) is 31.4 Å². The summed E-state index contributed by atoms with van der Waals surface area (Å²) in [5, 5.41) is 5.78. The summed E-state index contributed by atoms with van der Waals surface area (Å²) in [6, 6.07) is 0.0517. The van der Waals surface area contributed by atoms with Crippen LogP contribution in [-0.2, 0) is 11.0 Å². The quantitative estimate of drug-likeness (QED) is 0.780. The number of urea groups is 1. The molecule has 1 heterocycles. The van der Waals surface area contributed by atoms with E-state index in [2.05, 4.69) is 10.6 Å². The molecule has 1 saturated carbocycles. The zero-order chi connectivity index (χ0) is 13.0. The number of carbonyl (C=O) groups excluding carboxylic acids is 1. The maximum atomic E-state index is 11.9. The molecule has 2 amide bonds. The summed E-state index contributed by atoms with van der Waals surface area (Å²) in [6.07, 6.45) is 4.53. The van der Waals surface area contributed by atoms with Gasteiger partial charge in [-0.3, -0.25) is 0 Å². The van der Waals surface area contributed by atoms with Gasteiger partial charge in [-0.05, 0) is 38.5 Å². The Morgan fingerprint density at radius 2 is 2.22 bits per heavy atom. The summed E-state index contributed by atoms with van der Waals surface area (Å²) in [5.41, 5.74) is 0. The Labute approximate surface area is 111 Å². The molecule has 18 heavy (non-hydrogen) atoms. The molecule has 0 bridgehead atoms. The van der Waals surface area contributed by atoms with Crippen molar-refractivity contribution in [3.05, 3.63) is 0 Å². The molecule has 2 fully saturated rings. The lowest BCUT2D eigenvalue weighted by molar-refractivity contribution is 0.232. The second kappa shape index (κ2) is 6.52. The minimum atomic E-state index is -0.844. The van der Waals surface area contributed by atoms with Crippen LogP contribution in [0.3, 0.4) is 0 Å². The van der Waals surface area contributed by atoms with Crippen LogP contribution in [0.2, 0.25) is 0 Å². The molecule has 0 radical (unpaired) electrons. The van der Waals surface area contributed by atoms with Crippen LogP contribution in [0.4, 0.5) is 4.79 Å². The van der Waals surface area contributed by atoms with Crippen molar-refractivity contribution >= 4 is 17.0 Å². The van der Waals surface area contributed by atoms with Crippen molar-refractivity contribution in [2.75, 3.05) is 25.4 Å². The Hall–Kier alpha value is -0.620. The van der Waals surface area contributed by atoms with Crippen molar-refractivity contribution in [1.82, 2.24) is 14.9 Å². The molecule has 1 saturated heterocycles. The molecule has 2 unspecified atom stereocenters. The largest absolute Gasteiger partial charge is 0.338 e. The first-order chi connectivity index (χ1) is 8.70. The monoisotopic (exact) mass is 273 g/mol. The van der Waals surface area contributed by atoms with Crippen LogP contribution in [0, 0.1) is 5.92 Å². The van der Waals surface area contributed by atoms with Gasteiger partial charge in [-0.1, -0.05) is 0 Å². The predicted octanol–water partition coefficient (Wildman–Crippen LogP) is 0.844. The molecule has 6 heteroatoms. The zero-order valence-electron chi connectivity index (χ0n) is 11.0. The summed E-state index contributed by atoms with van der Waals surface area (Å²) in [7, 11) is -0.844. The summed E-state index contributed by atoms with van der Waals surface area (Å²) in [4.78, 5) is 11.6. The van der Waals surface area contributed by atoms with E-state index in [1.807, 2.05) is 11.2 Å². The van der Waals surface area contributed by atoms with E-state index in [1.165, 1.54) is 12.8 Å². The smallest absolute Gasteiger partial charge is 0.315 e. The lowest BCUT2D eigenvalue weighted by Gasteiger charge is -2.29. The van der Waals surface area contributed by atoms with Crippen molar-refractivity contribution < 1.29 is 9.00 Å².